The van der Waals surface area contributed by atoms with Gasteiger partial charge in [0.15, 0.2) is 0 Å². The van der Waals surface area contributed by atoms with Gasteiger partial charge >= 0.3 is 5.97 Å². The Bertz CT molecular complexity index is 467. The number of carbonyl (C=O) groups is 1. The summed E-state index contributed by atoms with van der Waals surface area (Å²) in [5, 5.41) is 8.95. The maximum atomic E-state index is 13.3. The Morgan fingerprint density at radius 1 is 1.58 bits per heavy atom. The third-order valence-corrected chi connectivity index (χ3v) is 4.54. The predicted molar refractivity (Wildman–Crippen MR) is 74.9 cm³/mol. The second-order valence-electron chi connectivity index (χ2n) is 4.87. The molecule has 5 heteroatoms. The van der Waals surface area contributed by atoms with Crippen molar-refractivity contribution in [2.75, 3.05) is 18.1 Å². The third-order valence-electron chi connectivity index (χ3n) is 3.44. The van der Waals surface area contributed by atoms with E-state index in [0.717, 1.165) is 29.2 Å². The fraction of sp³-hybridized carbons (Fsp3) is 0.500. The van der Waals surface area contributed by atoms with Crippen molar-refractivity contribution < 1.29 is 14.3 Å². The van der Waals surface area contributed by atoms with Crippen LogP contribution in [0.3, 0.4) is 0 Å². The summed E-state index contributed by atoms with van der Waals surface area (Å²) in [6, 6.07) is 4.82. The van der Waals surface area contributed by atoms with Crippen molar-refractivity contribution in [2.24, 2.45) is 0 Å². The van der Waals surface area contributed by atoms with Crippen LogP contribution in [-0.2, 0) is 11.3 Å². The van der Waals surface area contributed by atoms with Gasteiger partial charge in [-0.05, 0) is 30.2 Å². The molecular weight excluding hydrogens is 265 g/mol. The molecule has 1 unspecified atom stereocenters. The number of thioether (sulfide) groups is 1. The number of hydrogen-bond donors (Lipinski definition) is 1. The summed E-state index contributed by atoms with van der Waals surface area (Å²) < 4.78 is 13.3. The Hall–Kier alpha value is -1.07. The molecular formula is C14H18FNO2S. The van der Waals surface area contributed by atoms with Gasteiger partial charge in [-0.25, -0.2) is 4.39 Å². The molecule has 1 fully saturated rings. The van der Waals surface area contributed by atoms with Crippen LogP contribution in [0.25, 0.3) is 0 Å². The zero-order chi connectivity index (χ0) is 13.8. The van der Waals surface area contributed by atoms with Gasteiger partial charge in [0.1, 0.15) is 5.82 Å². The normalized spacial score (nSPS) is 20.4. The van der Waals surface area contributed by atoms with Crippen molar-refractivity contribution in [3.05, 3.63) is 35.1 Å². The van der Waals surface area contributed by atoms with Gasteiger partial charge in [-0.2, -0.15) is 11.8 Å². The number of nitrogens with zero attached hydrogens (tertiary/aromatic N) is 1. The Morgan fingerprint density at radius 3 is 3.11 bits per heavy atom. The first-order valence-electron chi connectivity index (χ1n) is 6.35. The SMILES string of the molecule is Cc1ccc(F)cc1CN1CCSCC1CC(=O)O. The van der Waals surface area contributed by atoms with Gasteiger partial charge in [-0.15, -0.1) is 0 Å². The standard InChI is InChI=1S/C14H18FNO2S/c1-10-2-3-12(15)6-11(10)8-16-4-5-19-9-13(16)7-14(17)18/h2-3,6,13H,4-5,7-9H2,1H3,(H,17,18). The van der Waals surface area contributed by atoms with E-state index in [9.17, 15) is 9.18 Å². The molecule has 0 saturated carbocycles. The smallest absolute Gasteiger partial charge is 0.304 e. The fourth-order valence-corrected chi connectivity index (χ4v) is 3.45. The number of benzene rings is 1. The average molecular weight is 283 g/mol. The average Bonchev–Trinajstić information content (AvgIpc) is 2.35. The summed E-state index contributed by atoms with van der Waals surface area (Å²) in [6.45, 7) is 3.44. The number of halogens is 1. The summed E-state index contributed by atoms with van der Waals surface area (Å²) >= 11 is 1.79. The van der Waals surface area contributed by atoms with Crippen molar-refractivity contribution in [3.8, 4) is 0 Å². The van der Waals surface area contributed by atoms with Crippen LogP contribution in [0.5, 0.6) is 0 Å². The maximum Gasteiger partial charge on any atom is 0.304 e. The minimum Gasteiger partial charge on any atom is -0.481 e. The maximum absolute atomic E-state index is 13.3. The molecule has 0 radical (unpaired) electrons. The molecule has 1 N–H and O–H groups in total. The monoisotopic (exact) mass is 283 g/mol. The number of carboxylic acid groups (broad SMARTS) is 1. The van der Waals surface area contributed by atoms with Gasteiger partial charge in [-0.3, -0.25) is 9.69 Å². The van der Waals surface area contributed by atoms with Crippen LogP contribution in [-0.4, -0.2) is 40.1 Å². The molecule has 0 aromatic heterocycles. The summed E-state index contributed by atoms with van der Waals surface area (Å²) in [5.74, 6) is 0.834. The number of rotatable bonds is 4. The molecule has 1 aliphatic rings. The highest BCUT2D eigenvalue weighted by Crippen LogP contribution is 2.22. The van der Waals surface area contributed by atoms with Crippen molar-refractivity contribution in [1.29, 1.82) is 0 Å². The molecule has 104 valence electrons. The number of aryl methyl sites for hydroxylation is 1. The molecule has 1 aromatic carbocycles. The van der Waals surface area contributed by atoms with Crippen LogP contribution < -0.4 is 0 Å². The van der Waals surface area contributed by atoms with E-state index in [2.05, 4.69) is 4.90 Å². The summed E-state index contributed by atoms with van der Waals surface area (Å²) in [5.41, 5.74) is 2.00. The Balaban J connectivity index is 2.10. The van der Waals surface area contributed by atoms with Gasteiger partial charge in [0.2, 0.25) is 0 Å². The largest absolute Gasteiger partial charge is 0.481 e. The molecule has 1 aliphatic heterocycles. The molecule has 1 heterocycles. The van der Waals surface area contributed by atoms with Gasteiger partial charge in [0, 0.05) is 30.6 Å². The highest BCUT2D eigenvalue weighted by Gasteiger charge is 2.25. The molecule has 2 rings (SSSR count). The third kappa shape index (κ3) is 3.94. The van der Waals surface area contributed by atoms with Crippen molar-refractivity contribution in [1.82, 2.24) is 4.90 Å². The lowest BCUT2D eigenvalue weighted by Gasteiger charge is -2.34. The minimum absolute atomic E-state index is 0.0407. The van der Waals surface area contributed by atoms with Crippen LogP contribution >= 0.6 is 11.8 Å². The van der Waals surface area contributed by atoms with Crippen LogP contribution in [0.1, 0.15) is 17.5 Å². The molecule has 1 saturated heterocycles. The molecule has 1 aromatic rings. The Labute approximate surface area is 116 Å². The summed E-state index contributed by atoms with van der Waals surface area (Å²) in [4.78, 5) is 13.0. The van der Waals surface area contributed by atoms with E-state index in [-0.39, 0.29) is 18.3 Å². The van der Waals surface area contributed by atoms with E-state index in [0.29, 0.717) is 6.54 Å². The molecule has 0 spiro atoms. The zero-order valence-electron chi connectivity index (χ0n) is 10.9. The number of carboxylic acids is 1. The molecule has 1 atom stereocenters. The van der Waals surface area contributed by atoms with E-state index in [1.807, 2.05) is 6.92 Å². The molecule has 0 amide bonds. The zero-order valence-corrected chi connectivity index (χ0v) is 11.8. The van der Waals surface area contributed by atoms with Crippen LogP contribution in [0.15, 0.2) is 18.2 Å². The summed E-state index contributed by atoms with van der Waals surface area (Å²) in [7, 11) is 0. The number of aliphatic carboxylic acids is 1. The van der Waals surface area contributed by atoms with Crippen LogP contribution in [0.2, 0.25) is 0 Å². The van der Waals surface area contributed by atoms with Gasteiger partial charge in [0.05, 0.1) is 6.42 Å². The summed E-state index contributed by atoms with van der Waals surface area (Å²) in [6.07, 6.45) is 0.154. The van der Waals surface area contributed by atoms with Gasteiger partial charge in [0.25, 0.3) is 0 Å². The predicted octanol–water partition coefficient (Wildman–Crippen LogP) is 2.53. The van der Waals surface area contributed by atoms with Crippen molar-refractivity contribution in [2.45, 2.75) is 25.9 Å². The minimum atomic E-state index is -0.770. The molecule has 3 nitrogen and oxygen atoms in total. The Morgan fingerprint density at radius 2 is 2.37 bits per heavy atom. The van der Waals surface area contributed by atoms with Gasteiger partial charge in [-0.1, -0.05) is 6.07 Å². The Kier molecular flexibility index (Phi) is 4.82. The number of hydrogen-bond acceptors (Lipinski definition) is 3. The lowest BCUT2D eigenvalue weighted by molar-refractivity contribution is -0.138. The molecule has 19 heavy (non-hydrogen) atoms. The van der Waals surface area contributed by atoms with Crippen molar-refractivity contribution in [3.63, 3.8) is 0 Å². The topological polar surface area (TPSA) is 40.5 Å². The van der Waals surface area contributed by atoms with E-state index in [4.69, 9.17) is 5.11 Å². The second kappa shape index (κ2) is 6.39. The first-order chi connectivity index (χ1) is 9.06. The quantitative estimate of drug-likeness (QED) is 0.922. The highest BCUT2D eigenvalue weighted by molar-refractivity contribution is 7.99. The first kappa shape index (κ1) is 14.3. The molecule has 0 bridgehead atoms. The fourth-order valence-electron chi connectivity index (χ4n) is 2.32. The lowest BCUT2D eigenvalue weighted by atomic mass is 10.1. The van der Waals surface area contributed by atoms with E-state index in [1.54, 1.807) is 23.9 Å². The lowest BCUT2D eigenvalue weighted by Crippen LogP contribution is -2.43. The van der Waals surface area contributed by atoms with Crippen LogP contribution in [0.4, 0.5) is 4.39 Å². The van der Waals surface area contributed by atoms with E-state index < -0.39 is 5.97 Å². The first-order valence-corrected chi connectivity index (χ1v) is 7.50. The van der Waals surface area contributed by atoms with Crippen molar-refractivity contribution >= 4 is 17.7 Å². The van der Waals surface area contributed by atoms with E-state index in [1.165, 1.54) is 6.07 Å². The molecule has 0 aliphatic carbocycles. The van der Waals surface area contributed by atoms with E-state index >= 15 is 0 Å². The highest BCUT2D eigenvalue weighted by atomic mass is 32.2. The van der Waals surface area contributed by atoms with Crippen LogP contribution in [0, 0.1) is 12.7 Å². The van der Waals surface area contributed by atoms with Gasteiger partial charge < -0.3 is 5.11 Å². The second-order valence-corrected chi connectivity index (χ2v) is 6.02.